The number of Topliss-reactive ketones (excluding diaryl/α,β-unsaturated/α-hetero) is 1. The lowest BCUT2D eigenvalue weighted by Crippen LogP contribution is -2.46. The summed E-state index contributed by atoms with van der Waals surface area (Å²) in [6.45, 7) is 3.30. The van der Waals surface area contributed by atoms with Crippen LogP contribution in [0.5, 0.6) is 5.75 Å². The Morgan fingerprint density at radius 3 is 2.92 bits per heavy atom. The molecule has 26 heavy (non-hydrogen) atoms. The molecule has 3 heterocycles. The van der Waals surface area contributed by atoms with Crippen LogP contribution in [0.25, 0.3) is 0 Å². The highest BCUT2D eigenvalue weighted by atomic mass is 16.5. The predicted octanol–water partition coefficient (Wildman–Crippen LogP) is 2.61. The van der Waals surface area contributed by atoms with Crippen molar-refractivity contribution >= 4 is 11.7 Å². The topological polar surface area (TPSA) is 64.4 Å². The molecule has 0 spiro atoms. The maximum Gasteiger partial charge on any atom is 0.274 e. The van der Waals surface area contributed by atoms with E-state index in [1.165, 1.54) is 0 Å². The van der Waals surface area contributed by atoms with E-state index in [1.54, 1.807) is 24.0 Å². The van der Waals surface area contributed by atoms with Crippen LogP contribution >= 0.6 is 0 Å². The van der Waals surface area contributed by atoms with Crippen LogP contribution in [-0.4, -0.2) is 45.6 Å². The molecule has 0 unspecified atom stereocenters. The molecular formula is C20H23N3O3. The van der Waals surface area contributed by atoms with Crippen LogP contribution in [0.3, 0.4) is 0 Å². The van der Waals surface area contributed by atoms with Crippen LogP contribution in [0.1, 0.15) is 45.7 Å². The zero-order chi connectivity index (χ0) is 18.3. The molecule has 0 radical (unpaired) electrons. The third-order valence-electron chi connectivity index (χ3n) is 5.30. The fourth-order valence-electron chi connectivity index (χ4n) is 3.91. The standard InChI is InChI=1S/C20H23N3O3/c1-13-5-6-18-15(10-13)17(24)11-19(26-18)14-4-3-8-23(12-14)20(25)16-7-9-22(2)21-16/h5-7,9-10,14,19H,3-4,8,11-12H2,1-2H3/t14-,19-/m1/s1. The number of amides is 1. The molecule has 1 fully saturated rings. The van der Waals surface area contributed by atoms with Crippen molar-refractivity contribution in [1.29, 1.82) is 0 Å². The minimum atomic E-state index is -0.169. The van der Waals surface area contributed by atoms with Crippen LogP contribution in [0, 0.1) is 12.8 Å². The lowest BCUT2D eigenvalue weighted by molar-refractivity contribution is 0.0405. The molecule has 6 heteroatoms. The number of carbonyl (C=O) groups excluding carboxylic acids is 2. The number of hydrogen-bond acceptors (Lipinski definition) is 4. The average molecular weight is 353 g/mol. The highest BCUT2D eigenvalue weighted by molar-refractivity contribution is 6.00. The zero-order valence-corrected chi connectivity index (χ0v) is 15.1. The Bertz CT molecular complexity index is 858. The highest BCUT2D eigenvalue weighted by Gasteiger charge is 2.36. The normalized spacial score (nSPS) is 22.7. The number of benzene rings is 1. The van der Waals surface area contributed by atoms with Crippen molar-refractivity contribution < 1.29 is 14.3 Å². The largest absolute Gasteiger partial charge is 0.489 e. The molecule has 1 amide bonds. The summed E-state index contributed by atoms with van der Waals surface area (Å²) in [6, 6.07) is 7.48. The SMILES string of the molecule is Cc1ccc2c(c1)C(=O)C[C@H]([C@@H]1CCCN(C(=O)c3ccn(C)n3)C1)O2. The Morgan fingerprint density at radius 1 is 1.31 bits per heavy atom. The van der Waals surface area contributed by atoms with Crippen molar-refractivity contribution in [1.82, 2.24) is 14.7 Å². The smallest absolute Gasteiger partial charge is 0.274 e. The third-order valence-corrected chi connectivity index (χ3v) is 5.30. The van der Waals surface area contributed by atoms with Gasteiger partial charge in [-0.05, 0) is 38.0 Å². The van der Waals surface area contributed by atoms with Gasteiger partial charge in [0.05, 0.1) is 5.56 Å². The number of aryl methyl sites for hydroxylation is 2. The molecule has 0 bridgehead atoms. The first-order valence-corrected chi connectivity index (χ1v) is 9.10. The maximum atomic E-state index is 12.7. The molecule has 2 aliphatic heterocycles. The zero-order valence-electron chi connectivity index (χ0n) is 15.1. The van der Waals surface area contributed by atoms with Crippen LogP contribution in [-0.2, 0) is 7.05 Å². The molecule has 1 saturated heterocycles. The van der Waals surface area contributed by atoms with E-state index in [9.17, 15) is 9.59 Å². The first-order valence-electron chi connectivity index (χ1n) is 9.10. The maximum absolute atomic E-state index is 12.7. The number of piperidine rings is 1. The Labute approximate surface area is 152 Å². The van der Waals surface area contributed by atoms with Crippen molar-refractivity contribution in [3.05, 3.63) is 47.3 Å². The molecule has 1 aromatic heterocycles. The van der Waals surface area contributed by atoms with E-state index in [4.69, 9.17) is 4.74 Å². The number of fused-ring (bicyclic) bond motifs is 1. The van der Waals surface area contributed by atoms with E-state index in [2.05, 4.69) is 5.10 Å². The van der Waals surface area contributed by atoms with Crippen molar-refractivity contribution in [2.24, 2.45) is 13.0 Å². The van der Waals surface area contributed by atoms with Crippen LogP contribution in [0.4, 0.5) is 0 Å². The van der Waals surface area contributed by atoms with E-state index in [0.717, 1.165) is 24.9 Å². The highest BCUT2D eigenvalue weighted by Crippen LogP contribution is 2.34. The van der Waals surface area contributed by atoms with Gasteiger partial charge in [0.2, 0.25) is 0 Å². The number of likely N-dealkylation sites (tertiary alicyclic amines) is 1. The molecule has 4 rings (SSSR count). The molecule has 2 aromatic rings. The summed E-state index contributed by atoms with van der Waals surface area (Å²) in [6.07, 6.45) is 3.86. The first-order chi connectivity index (χ1) is 12.5. The van der Waals surface area contributed by atoms with Gasteiger partial charge in [0.1, 0.15) is 17.5 Å². The second-order valence-electron chi connectivity index (χ2n) is 7.31. The van der Waals surface area contributed by atoms with Crippen molar-refractivity contribution in [3.63, 3.8) is 0 Å². The lowest BCUT2D eigenvalue weighted by Gasteiger charge is -2.38. The van der Waals surface area contributed by atoms with Gasteiger partial charge in [-0.3, -0.25) is 14.3 Å². The average Bonchev–Trinajstić information content (AvgIpc) is 3.08. The number of ether oxygens (including phenoxy) is 1. The van der Waals surface area contributed by atoms with E-state index in [1.807, 2.05) is 30.0 Å². The Morgan fingerprint density at radius 2 is 2.15 bits per heavy atom. The Hall–Kier alpha value is -2.63. The molecule has 0 N–H and O–H groups in total. The summed E-state index contributed by atoms with van der Waals surface area (Å²) in [4.78, 5) is 27.1. The van der Waals surface area contributed by atoms with Gasteiger partial charge in [-0.25, -0.2) is 0 Å². The van der Waals surface area contributed by atoms with Crippen molar-refractivity contribution in [3.8, 4) is 5.75 Å². The van der Waals surface area contributed by atoms with E-state index >= 15 is 0 Å². The summed E-state index contributed by atoms with van der Waals surface area (Å²) in [5.74, 6) is 0.918. The molecule has 2 atom stereocenters. The monoisotopic (exact) mass is 353 g/mol. The second kappa shape index (κ2) is 6.59. The predicted molar refractivity (Wildman–Crippen MR) is 96.4 cm³/mol. The molecular weight excluding hydrogens is 330 g/mol. The van der Waals surface area contributed by atoms with Crippen molar-refractivity contribution in [2.45, 2.75) is 32.3 Å². The van der Waals surface area contributed by atoms with Crippen molar-refractivity contribution in [2.75, 3.05) is 13.1 Å². The lowest BCUT2D eigenvalue weighted by atomic mass is 9.86. The molecule has 2 aliphatic rings. The minimum absolute atomic E-state index is 0.0477. The van der Waals surface area contributed by atoms with Gasteiger partial charge < -0.3 is 9.64 Å². The summed E-state index contributed by atoms with van der Waals surface area (Å²) in [5, 5.41) is 4.21. The number of nitrogens with zero attached hydrogens (tertiary/aromatic N) is 3. The number of ketones is 1. The minimum Gasteiger partial charge on any atom is -0.489 e. The van der Waals surface area contributed by atoms with Gasteiger partial charge in [-0.2, -0.15) is 5.10 Å². The van der Waals surface area contributed by atoms with Gasteiger partial charge in [0, 0.05) is 38.7 Å². The fraction of sp³-hybridized carbons (Fsp3) is 0.450. The summed E-state index contributed by atoms with van der Waals surface area (Å²) < 4.78 is 7.79. The summed E-state index contributed by atoms with van der Waals surface area (Å²) in [5.41, 5.74) is 2.21. The molecule has 0 saturated carbocycles. The van der Waals surface area contributed by atoms with Crippen LogP contribution in [0.15, 0.2) is 30.5 Å². The summed E-state index contributed by atoms with van der Waals surface area (Å²) >= 11 is 0. The fourth-order valence-corrected chi connectivity index (χ4v) is 3.91. The molecule has 6 nitrogen and oxygen atoms in total. The van der Waals surface area contributed by atoms with Gasteiger partial charge in [-0.15, -0.1) is 0 Å². The summed E-state index contributed by atoms with van der Waals surface area (Å²) in [7, 11) is 1.80. The van der Waals surface area contributed by atoms with E-state index in [0.29, 0.717) is 30.0 Å². The van der Waals surface area contributed by atoms with Gasteiger partial charge >= 0.3 is 0 Å². The quantitative estimate of drug-likeness (QED) is 0.832. The van der Waals surface area contributed by atoms with Gasteiger partial charge in [0.25, 0.3) is 5.91 Å². The van der Waals surface area contributed by atoms with Gasteiger partial charge in [-0.1, -0.05) is 11.6 Å². The Kier molecular flexibility index (Phi) is 4.26. The number of rotatable bonds is 2. The molecule has 1 aromatic carbocycles. The molecule has 0 aliphatic carbocycles. The number of carbonyl (C=O) groups is 2. The van der Waals surface area contributed by atoms with Crippen LogP contribution < -0.4 is 4.74 Å². The van der Waals surface area contributed by atoms with Crippen LogP contribution in [0.2, 0.25) is 0 Å². The molecule has 136 valence electrons. The number of aromatic nitrogens is 2. The van der Waals surface area contributed by atoms with Gasteiger partial charge in [0.15, 0.2) is 5.78 Å². The van der Waals surface area contributed by atoms with E-state index in [-0.39, 0.29) is 23.7 Å². The third kappa shape index (κ3) is 3.11. The number of hydrogen-bond donors (Lipinski definition) is 0. The Balaban J connectivity index is 1.49. The first kappa shape index (κ1) is 16.8. The van der Waals surface area contributed by atoms with E-state index < -0.39 is 0 Å². The second-order valence-corrected chi connectivity index (χ2v) is 7.31.